The summed E-state index contributed by atoms with van der Waals surface area (Å²) in [6.07, 6.45) is 8.35. The van der Waals surface area contributed by atoms with E-state index in [9.17, 15) is 0 Å². The normalized spacial score (nSPS) is 37.5. The molecule has 0 aliphatic carbocycles. The summed E-state index contributed by atoms with van der Waals surface area (Å²) in [4.78, 5) is 2.53. The molecule has 2 heterocycles. The smallest absolute Gasteiger partial charge is 0.0369 e. The number of nitrogens with two attached hydrogens (primary N) is 1. The molecule has 0 bridgehead atoms. The summed E-state index contributed by atoms with van der Waals surface area (Å²) in [5.41, 5.74) is 6.16. The van der Waals surface area contributed by atoms with Gasteiger partial charge >= 0.3 is 0 Å². The van der Waals surface area contributed by atoms with Crippen LogP contribution in [0.15, 0.2) is 12.2 Å². The molecule has 2 rings (SSSR count). The fraction of sp³-hybridized carbons (Fsp3) is 0.778. The Labute approximate surface area is 68.1 Å². The maximum absolute atomic E-state index is 5.80. The third kappa shape index (κ3) is 1.01. The molecule has 0 aromatic carbocycles. The van der Waals surface area contributed by atoms with E-state index < -0.39 is 0 Å². The Bertz CT molecular complexity index is 176. The van der Waals surface area contributed by atoms with Gasteiger partial charge in [-0.15, -0.1) is 0 Å². The molecule has 2 N–H and O–H groups in total. The number of hydrogen-bond acceptors (Lipinski definition) is 2. The van der Waals surface area contributed by atoms with Crippen molar-refractivity contribution >= 4 is 0 Å². The molecule has 0 aromatic heterocycles. The van der Waals surface area contributed by atoms with Gasteiger partial charge in [-0.2, -0.15) is 0 Å². The van der Waals surface area contributed by atoms with Crippen molar-refractivity contribution in [1.29, 1.82) is 0 Å². The summed E-state index contributed by atoms with van der Waals surface area (Å²) in [6, 6.07) is 0. The zero-order valence-corrected chi connectivity index (χ0v) is 6.92. The molecule has 62 valence electrons. The molecule has 2 aliphatic heterocycles. The summed E-state index contributed by atoms with van der Waals surface area (Å²) < 4.78 is 0. The zero-order valence-electron chi connectivity index (χ0n) is 6.92. The first-order chi connectivity index (χ1) is 5.37. The van der Waals surface area contributed by atoms with E-state index in [1.54, 1.807) is 0 Å². The third-order valence-electron chi connectivity index (χ3n) is 3.11. The average Bonchev–Trinajstić information content (AvgIpc) is 2.48. The van der Waals surface area contributed by atoms with Crippen molar-refractivity contribution in [2.45, 2.75) is 24.8 Å². The summed E-state index contributed by atoms with van der Waals surface area (Å²) in [7, 11) is 0. The molecular formula is C9H16N2. The van der Waals surface area contributed by atoms with Crippen LogP contribution in [-0.4, -0.2) is 30.1 Å². The average molecular weight is 152 g/mol. The van der Waals surface area contributed by atoms with E-state index in [2.05, 4.69) is 17.1 Å². The maximum Gasteiger partial charge on any atom is 0.0369 e. The summed E-state index contributed by atoms with van der Waals surface area (Å²) in [5.74, 6) is 0. The highest BCUT2D eigenvalue weighted by molar-refractivity contribution is 5.08. The van der Waals surface area contributed by atoms with Crippen LogP contribution >= 0.6 is 0 Å². The summed E-state index contributed by atoms with van der Waals surface area (Å²) >= 11 is 0. The third-order valence-corrected chi connectivity index (χ3v) is 3.11. The molecule has 1 fully saturated rings. The molecule has 1 atom stereocenters. The molecule has 2 nitrogen and oxygen atoms in total. The lowest BCUT2D eigenvalue weighted by Crippen LogP contribution is -2.50. The highest BCUT2D eigenvalue weighted by atomic mass is 15.2. The second kappa shape index (κ2) is 2.61. The van der Waals surface area contributed by atoms with Gasteiger partial charge in [0.25, 0.3) is 0 Å². The van der Waals surface area contributed by atoms with E-state index >= 15 is 0 Å². The van der Waals surface area contributed by atoms with E-state index in [0.29, 0.717) is 5.54 Å². The van der Waals surface area contributed by atoms with Gasteiger partial charge in [-0.05, 0) is 25.8 Å². The molecule has 0 spiro atoms. The number of fused-ring (bicyclic) bond motifs is 1. The highest BCUT2D eigenvalue weighted by Gasteiger charge is 2.39. The Hall–Kier alpha value is -0.340. The monoisotopic (exact) mass is 152 g/mol. The predicted octanol–water partition coefficient (Wildman–Crippen LogP) is 0.740. The Balaban J connectivity index is 2.19. The SMILES string of the molecule is NCC12CC=CCN1CCC2. The first kappa shape index (κ1) is 7.32. The van der Waals surface area contributed by atoms with E-state index in [-0.39, 0.29) is 0 Å². The van der Waals surface area contributed by atoms with Crippen LogP contribution in [0, 0.1) is 0 Å². The number of rotatable bonds is 1. The van der Waals surface area contributed by atoms with Gasteiger partial charge in [0.15, 0.2) is 0 Å². The van der Waals surface area contributed by atoms with Crippen molar-refractivity contribution in [3.63, 3.8) is 0 Å². The lowest BCUT2D eigenvalue weighted by atomic mass is 9.90. The molecule has 0 radical (unpaired) electrons. The van der Waals surface area contributed by atoms with Crippen LogP contribution in [-0.2, 0) is 0 Å². The highest BCUT2D eigenvalue weighted by Crippen LogP contribution is 2.33. The molecule has 2 heteroatoms. The second-order valence-corrected chi connectivity index (χ2v) is 3.65. The van der Waals surface area contributed by atoms with Gasteiger partial charge in [0, 0.05) is 18.6 Å². The molecule has 1 saturated heterocycles. The van der Waals surface area contributed by atoms with Crippen LogP contribution in [0.4, 0.5) is 0 Å². The van der Waals surface area contributed by atoms with Crippen molar-refractivity contribution < 1.29 is 0 Å². The van der Waals surface area contributed by atoms with Gasteiger partial charge in [0.2, 0.25) is 0 Å². The van der Waals surface area contributed by atoms with Gasteiger partial charge in [-0.3, -0.25) is 4.90 Å². The topological polar surface area (TPSA) is 29.3 Å². The number of hydrogen-bond donors (Lipinski definition) is 1. The largest absolute Gasteiger partial charge is 0.329 e. The lowest BCUT2D eigenvalue weighted by molar-refractivity contribution is 0.154. The minimum absolute atomic E-state index is 0.356. The Morgan fingerprint density at radius 2 is 2.36 bits per heavy atom. The van der Waals surface area contributed by atoms with E-state index in [0.717, 1.165) is 13.1 Å². The van der Waals surface area contributed by atoms with E-state index in [1.807, 2.05) is 0 Å². The van der Waals surface area contributed by atoms with Crippen molar-refractivity contribution in [2.24, 2.45) is 5.73 Å². The molecular weight excluding hydrogens is 136 g/mol. The Morgan fingerprint density at radius 1 is 1.45 bits per heavy atom. The van der Waals surface area contributed by atoms with Gasteiger partial charge in [-0.25, -0.2) is 0 Å². The fourth-order valence-electron chi connectivity index (χ4n) is 2.33. The molecule has 1 unspecified atom stereocenters. The van der Waals surface area contributed by atoms with Crippen LogP contribution in [0.3, 0.4) is 0 Å². The van der Waals surface area contributed by atoms with Crippen molar-refractivity contribution in [2.75, 3.05) is 19.6 Å². The van der Waals surface area contributed by atoms with Crippen LogP contribution in [0.2, 0.25) is 0 Å². The molecule has 11 heavy (non-hydrogen) atoms. The Kier molecular flexibility index (Phi) is 1.74. The van der Waals surface area contributed by atoms with Gasteiger partial charge in [0.05, 0.1) is 0 Å². The predicted molar refractivity (Wildman–Crippen MR) is 46.3 cm³/mol. The van der Waals surface area contributed by atoms with Crippen molar-refractivity contribution in [3.05, 3.63) is 12.2 Å². The van der Waals surface area contributed by atoms with Crippen LogP contribution < -0.4 is 5.73 Å². The second-order valence-electron chi connectivity index (χ2n) is 3.65. The quantitative estimate of drug-likeness (QED) is 0.561. The van der Waals surface area contributed by atoms with Gasteiger partial charge in [0.1, 0.15) is 0 Å². The number of nitrogens with zero attached hydrogens (tertiary/aromatic N) is 1. The lowest BCUT2D eigenvalue weighted by Gasteiger charge is -2.38. The first-order valence-electron chi connectivity index (χ1n) is 4.47. The molecule has 0 amide bonds. The fourth-order valence-corrected chi connectivity index (χ4v) is 2.33. The van der Waals surface area contributed by atoms with E-state index in [1.165, 1.54) is 25.8 Å². The summed E-state index contributed by atoms with van der Waals surface area (Å²) in [5, 5.41) is 0. The van der Waals surface area contributed by atoms with Crippen LogP contribution in [0.25, 0.3) is 0 Å². The molecule has 2 aliphatic rings. The van der Waals surface area contributed by atoms with E-state index in [4.69, 9.17) is 5.73 Å². The van der Waals surface area contributed by atoms with Crippen molar-refractivity contribution in [3.8, 4) is 0 Å². The van der Waals surface area contributed by atoms with Gasteiger partial charge < -0.3 is 5.73 Å². The minimum atomic E-state index is 0.356. The van der Waals surface area contributed by atoms with Gasteiger partial charge in [-0.1, -0.05) is 12.2 Å². The standard InChI is InChI=1S/C9H16N2/c10-8-9-4-1-2-6-11(9)7-3-5-9/h1-2H,3-8,10H2. The summed E-state index contributed by atoms with van der Waals surface area (Å²) in [6.45, 7) is 3.20. The Morgan fingerprint density at radius 3 is 3.09 bits per heavy atom. The first-order valence-corrected chi connectivity index (χ1v) is 4.47. The van der Waals surface area contributed by atoms with Crippen molar-refractivity contribution in [1.82, 2.24) is 4.90 Å². The maximum atomic E-state index is 5.80. The van der Waals surface area contributed by atoms with Crippen LogP contribution in [0.5, 0.6) is 0 Å². The molecule has 0 aromatic rings. The minimum Gasteiger partial charge on any atom is -0.329 e. The van der Waals surface area contributed by atoms with Crippen LogP contribution in [0.1, 0.15) is 19.3 Å². The zero-order chi connectivity index (χ0) is 7.73. The molecule has 0 saturated carbocycles.